The van der Waals surface area contributed by atoms with Gasteiger partial charge in [0.1, 0.15) is 16.9 Å². The Bertz CT molecular complexity index is 728. The van der Waals surface area contributed by atoms with Crippen molar-refractivity contribution in [3.63, 3.8) is 0 Å². The van der Waals surface area contributed by atoms with Crippen LogP contribution in [0.1, 0.15) is 10.8 Å². The molecular weight excluding hydrogens is 320 g/mol. The highest BCUT2D eigenvalue weighted by Gasteiger charge is 2.33. The third-order valence-electron chi connectivity index (χ3n) is 3.10. The van der Waals surface area contributed by atoms with E-state index in [1.54, 1.807) is 0 Å². The summed E-state index contributed by atoms with van der Waals surface area (Å²) in [5, 5.41) is -1.20. The topological polar surface area (TPSA) is 61.8 Å². The molecule has 0 fully saturated rings. The summed E-state index contributed by atoms with van der Waals surface area (Å²) in [5.74, 6) is -1.26. The molecule has 0 bridgehead atoms. The summed E-state index contributed by atoms with van der Waals surface area (Å²) < 4.78 is 52.1. The van der Waals surface area contributed by atoms with Gasteiger partial charge in [0, 0.05) is 10.6 Å². The number of quaternary nitrogens is 1. The van der Waals surface area contributed by atoms with E-state index in [9.17, 15) is 17.2 Å². The maximum absolute atomic E-state index is 14.0. The number of hydrogen-bond acceptors (Lipinski definition) is 2. The number of rotatable bonds is 4. The van der Waals surface area contributed by atoms with Crippen LogP contribution >= 0.6 is 11.6 Å². The third-order valence-corrected chi connectivity index (χ3v) is 5.58. The summed E-state index contributed by atoms with van der Waals surface area (Å²) in [7, 11) is -3.92. The molecule has 7 heteroatoms. The van der Waals surface area contributed by atoms with E-state index in [0.29, 0.717) is 0 Å². The van der Waals surface area contributed by atoms with Crippen LogP contribution < -0.4 is 5.73 Å². The minimum atomic E-state index is -3.92. The molecule has 0 spiro atoms. The molecule has 0 radical (unpaired) electrons. The van der Waals surface area contributed by atoms with E-state index in [0.717, 1.165) is 30.3 Å². The summed E-state index contributed by atoms with van der Waals surface area (Å²) in [5.41, 5.74) is 3.46. The molecule has 0 amide bonds. The normalized spacial score (nSPS) is 13.1. The van der Waals surface area contributed by atoms with Crippen LogP contribution in [-0.4, -0.2) is 15.0 Å². The molecule has 0 heterocycles. The van der Waals surface area contributed by atoms with E-state index in [1.807, 2.05) is 0 Å². The Morgan fingerprint density at radius 3 is 2.24 bits per heavy atom. The predicted molar refractivity (Wildman–Crippen MR) is 75.5 cm³/mol. The van der Waals surface area contributed by atoms with Crippen molar-refractivity contribution in [3.8, 4) is 0 Å². The highest BCUT2D eigenvalue weighted by molar-refractivity contribution is 7.91. The zero-order chi connectivity index (χ0) is 15.6. The van der Waals surface area contributed by atoms with Crippen LogP contribution in [0.15, 0.2) is 47.4 Å². The molecular formula is C14H13ClF2NO2S+. The number of benzene rings is 2. The first-order valence-corrected chi connectivity index (χ1v) is 8.03. The Kier molecular flexibility index (Phi) is 4.61. The van der Waals surface area contributed by atoms with Crippen LogP contribution in [0.25, 0.3) is 0 Å². The molecule has 0 aliphatic rings. The molecule has 3 nitrogen and oxygen atoms in total. The van der Waals surface area contributed by atoms with Gasteiger partial charge in [-0.1, -0.05) is 17.7 Å². The zero-order valence-corrected chi connectivity index (χ0v) is 12.5. The van der Waals surface area contributed by atoms with Crippen LogP contribution in [0.2, 0.25) is 5.02 Å². The highest BCUT2D eigenvalue weighted by Crippen LogP contribution is 2.34. The molecule has 0 saturated carbocycles. The third kappa shape index (κ3) is 3.07. The molecule has 112 valence electrons. The van der Waals surface area contributed by atoms with Crippen molar-refractivity contribution in [3.05, 3.63) is 64.7 Å². The summed E-state index contributed by atoms with van der Waals surface area (Å²) >= 11 is 5.93. The highest BCUT2D eigenvalue weighted by atomic mass is 35.5. The first kappa shape index (κ1) is 15.9. The zero-order valence-electron chi connectivity index (χ0n) is 10.9. The van der Waals surface area contributed by atoms with Gasteiger partial charge in [0.2, 0.25) is 0 Å². The van der Waals surface area contributed by atoms with Gasteiger partial charge < -0.3 is 5.73 Å². The summed E-state index contributed by atoms with van der Waals surface area (Å²) in [6.07, 6.45) is 0. The lowest BCUT2D eigenvalue weighted by atomic mass is 10.1. The van der Waals surface area contributed by atoms with E-state index in [1.165, 1.54) is 12.1 Å². The lowest BCUT2D eigenvalue weighted by Crippen LogP contribution is -2.54. The molecule has 0 saturated heterocycles. The number of halogens is 3. The first-order valence-electron chi connectivity index (χ1n) is 6.10. The second kappa shape index (κ2) is 6.09. The van der Waals surface area contributed by atoms with E-state index in [4.69, 9.17) is 11.6 Å². The molecule has 1 atom stereocenters. The largest absolute Gasteiger partial charge is 0.356 e. The van der Waals surface area contributed by atoms with E-state index in [-0.39, 0.29) is 22.0 Å². The van der Waals surface area contributed by atoms with Crippen molar-refractivity contribution in [1.29, 1.82) is 0 Å². The monoisotopic (exact) mass is 332 g/mol. The standard InChI is InChI=1S/C14H12ClF2NO2S/c15-11-2-1-3-12(17)14(11)13(8-18)21(19,20)10-6-4-9(16)5-7-10/h1-7,13H,8,18H2/p+1/t13-/m0/s1. The van der Waals surface area contributed by atoms with Gasteiger partial charge in [0.15, 0.2) is 9.84 Å². The van der Waals surface area contributed by atoms with Crippen molar-refractivity contribution in [2.75, 3.05) is 6.54 Å². The van der Waals surface area contributed by atoms with Gasteiger partial charge in [-0.3, -0.25) is 0 Å². The van der Waals surface area contributed by atoms with Crippen LogP contribution in [0.5, 0.6) is 0 Å². The van der Waals surface area contributed by atoms with Gasteiger partial charge in [-0.2, -0.15) is 0 Å². The average molecular weight is 333 g/mol. The molecule has 2 aromatic carbocycles. The smallest absolute Gasteiger partial charge is 0.191 e. The fourth-order valence-electron chi connectivity index (χ4n) is 2.06. The maximum Gasteiger partial charge on any atom is 0.191 e. The molecule has 2 aromatic rings. The van der Waals surface area contributed by atoms with Crippen molar-refractivity contribution in [2.24, 2.45) is 0 Å². The Labute approximate surface area is 126 Å². The van der Waals surface area contributed by atoms with E-state index < -0.39 is 26.7 Å². The first-order chi connectivity index (χ1) is 9.87. The van der Waals surface area contributed by atoms with E-state index >= 15 is 0 Å². The Hall–Kier alpha value is -1.50. The minimum Gasteiger partial charge on any atom is -0.356 e. The Morgan fingerprint density at radius 1 is 1.10 bits per heavy atom. The SMILES string of the molecule is [NH3+]C[C@@H](c1c(F)cccc1Cl)S(=O)(=O)c1ccc(F)cc1. The quantitative estimate of drug-likeness (QED) is 0.874. The molecule has 0 aromatic heterocycles. The molecule has 0 aliphatic heterocycles. The van der Waals surface area contributed by atoms with Crippen LogP contribution in [0.4, 0.5) is 8.78 Å². The summed E-state index contributed by atoms with van der Waals surface area (Å²) in [6, 6.07) is 8.31. The fraction of sp³-hybridized carbons (Fsp3) is 0.143. The predicted octanol–water partition coefficient (Wildman–Crippen LogP) is 2.38. The van der Waals surface area contributed by atoms with Gasteiger partial charge in [0.05, 0.1) is 11.4 Å². The molecule has 3 N–H and O–H groups in total. The molecule has 0 unspecified atom stereocenters. The van der Waals surface area contributed by atoms with Gasteiger partial charge >= 0.3 is 0 Å². The van der Waals surface area contributed by atoms with Crippen LogP contribution in [0.3, 0.4) is 0 Å². The van der Waals surface area contributed by atoms with E-state index in [2.05, 4.69) is 5.73 Å². The van der Waals surface area contributed by atoms with Gasteiger partial charge in [-0.15, -0.1) is 0 Å². The average Bonchev–Trinajstić information content (AvgIpc) is 2.43. The van der Waals surface area contributed by atoms with Crippen molar-refractivity contribution >= 4 is 21.4 Å². The minimum absolute atomic E-state index is 0.0225. The van der Waals surface area contributed by atoms with Crippen molar-refractivity contribution in [2.45, 2.75) is 10.1 Å². The van der Waals surface area contributed by atoms with Crippen LogP contribution in [-0.2, 0) is 9.84 Å². The van der Waals surface area contributed by atoms with Crippen molar-refractivity contribution < 1.29 is 22.9 Å². The fourth-order valence-corrected chi connectivity index (χ4v) is 4.13. The number of sulfone groups is 1. The summed E-state index contributed by atoms with van der Waals surface area (Å²) in [4.78, 5) is -0.100. The second-order valence-electron chi connectivity index (χ2n) is 4.41. The lowest BCUT2D eigenvalue weighted by Gasteiger charge is -2.16. The molecule has 21 heavy (non-hydrogen) atoms. The molecule has 2 rings (SSSR count). The lowest BCUT2D eigenvalue weighted by molar-refractivity contribution is -0.367. The van der Waals surface area contributed by atoms with Crippen molar-refractivity contribution in [1.82, 2.24) is 0 Å². The molecule has 0 aliphatic carbocycles. The van der Waals surface area contributed by atoms with Crippen LogP contribution in [0, 0.1) is 11.6 Å². The van der Waals surface area contributed by atoms with Gasteiger partial charge in [0.25, 0.3) is 0 Å². The Balaban J connectivity index is 2.57. The van der Waals surface area contributed by atoms with Gasteiger partial charge in [-0.25, -0.2) is 17.2 Å². The summed E-state index contributed by atoms with van der Waals surface area (Å²) in [6.45, 7) is -0.0969. The number of hydrogen-bond donors (Lipinski definition) is 1. The Morgan fingerprint density at radius 2 is 1.71 bits per heavy atom. The second-order valence-corrected chi connectivity index (χ2v) is 6.95. The van der Waals surface area contributed by atoms with Gasteiger partial charge in [-0.05, 0) is 36.4 Å². The maximum atomic E-state index is 14.0.